The van der Waals surface area contributed by atoms with E-state index in [9.17, 15) is 0 Å². The summed E-state index contributed by atoms with van der Waals surface area (Å²) < 4.78 is 7.72. The van der Waals surface area contributed by atoms with Gasteiger partial charge in [0.25, 0.3) is 0 Å². The quantitative estimate of drug-likeness (QED) is 0.802. The van der Waals surface area contributed by atoms with E-state index in [0.29, 0.717) is 5.92 Å². The summed E-state index contributed by atoms with van der Waals surface area (Å²) in [5, 5.41) is 12.5. The van der Waals surface area contributed by atoms with Crippen molar-refractivity contribution in [3.05, 3.63) is 5.82 Å². The average molecular weight is 308 g/mol. The second-order valence-corrected chi connectivity index (χ2v) is 6.88. The highest BCUT2D eigenvalue weighted by molar-refractivity contribution is 4.97. The van der Waals surface area contributed by atoms with Gasteiger partial charge in [0.1, 0.15) is 0 Å². The molecule has 2 fully saturated rings. The Hall–Kier alpha value is -1.05. The number of nitrogens with zero attached hydrogens (tertiary/aromatic N) is 6. The van der Waals surface area contributed by atoms with Crippen LogP contribution in [-0.2, 0) is 11.3 Å². The Balaban J connectivity index is 1.75. The lowest BCUT2D eigenvalue weighted by atomic mass is 10.0. The van der Waals surface area contributed by atoms with Crippen LogP contribution >= 0.6 is 0 Å². The fraction of sp³-hybridized carbons (Fsp3) is 0.933. The molecule has 2 aliphatic rings. The van der Waals surface area contributed by atoms with E-state index in [0.717, 1.165) is 58.0 Å². The summed E-state index contributed by atoms with van der Waals surface area (Å²) in [6, 6.07) is 0.283. The first-order chi connectivity index (χ1) is 10.6. The van der Waals surface area contributed by atoms with E-state index in [2.05, 4.69) is 46.2 Å². The van der Waals surface area contributed by atoms with Crippen molar-refractivity contribution < 1.29 is 4.74 Å². The zero-order valence-corrected chi connectivity index (χ0v) is 14.0. The SMILES string of the molecule is CC(C)[C@@H](c1nnnn1C[C@H]1CCCO1)N1CCN(C)CC1. The second kappa shape index (κ2) is 7.02. The van der Waals surface area contributed by atoms with Crippen molar-refractivity contribution >= 4 is 0 Å². The molecule has 2 atom stereocenters. The molecule has 0 aliphatic carbocycles. The molecule has 2 saturated heterocycles. The van der Waals surface area contributed by atoms with E-state index in [1.54, 1.807) is 0 Å². The van der Waals surface area contributed by atoms with Gasteiger partial charge in [-0.15, -0.1) is 5.10 Å². The normalized spacial score (nSPS) is 25.9. The summed E-state index contributed by atoms with van der Waals surface area (Å²) in [6.07, 6.45) is 2.52. The molecule has 7 heteroatoms. The third kappa shape index (κ3) is 3.47. The van der Waals surface area contributed by atoms with Crippen molar-refractivity contribution in [1.29, 1.82) is 0 Å². The monoisotopic (exact) mass is 308 g/mol. The Kier molecular flexibility index (Phi) is 5.05. The molecule has 3 rings (SSSR count). The van der Waals surface area contributed by atoms with Crippen molar-refractivity contribution in [3.63, 3.8) is 0 Å². The molecule has 0 aromatic carbocycles. The van der Waals surface area contributed by atoms with E-state index in [4.69, 9.17) is 4.74 Å². The lowest BCUT2D eigenvalue weighted by molar-refractivity contribution is 0.0712. The van der Waals surface area contributed by atoms with E-state index in [1.165, 1.54) is 0 Å². The number of ether oxygens (including phenoxy) is 1. The predicted molar refractivity (Wildman–Crippen MR) is 83.4 cm³/mol. The first kappa shape index (κ1) is 15.8. The van der Waals surface area contributed by atoms with Crippen LogP contribution in [0.15, 0.2) is 0 Å². The van der Waals surface area contributed by atoms with Crippen LogP contribution in [0.25, 0.3) is 0 Å². The van der Waals surface area contributed by atoms with Crippen LogP contribution < -0.4 is 0 Å². The van der Waals surface area contributed by atoms with Crippen LogP contribution in [0.3, 0.4) is 0 Å². The van der Waals surface area contributed by atoms with Crippen molar-refractivity contribution in [3.8, 4) is 0 Å². The molecule has 124 valence electrons. The lowest BCUT2D eigenvalue weighted by Crippen LogP contribution is -2.47. The number of tetrazole rings is 1. The maximum absolute atomic E-state index is 5.74. The van der Waals surface area contributed by atoms with Crippen molar-refractivity contribution in [2.24, 2.45) is 5.92 Å². The van der Waals surface area contributed by atoms with E-state index >= 15 is 0 Å². The number of piperazine rings is 1. The fourth-order valence-corrected chi connectivity index (χ4v) is 3.52. The summed E-state index contributed by atoms with van der Waals surface area (Å²) in [7, 11) is 2.18. The maximum Gasteiger partial charge on any atom is 0.168 e. The highest BCUT2D eigenvalue weighted by Crippen LogP contribution is 2.28. The number of likely N-dealkylation sites (N-methyl/N-ethyl adjacent to an activating group) is 1. The summed E-state index contributed by atoms with van der Waals surface area (Å²) in [6.45, 7) is 10.5. The molecule has 22 heavy (non-hydrogen) atoms. The topological polar surface area (TPSA) is 59.3 Å². The molecule has 0 N–H and O–H groups in total. The zero-order chi connectivity index (χ0) is 15.5. The minimum Gasteiger partial charge on any atom is -0.376 e. The Morgan fingerprint density at radius 3 is 2.64 bits per heavy atom. The Labute approximate surface area is 132 Å². The summed E-state index contributed by atoms with van der Waals surface area (Å²) in [5.74, 6) is 1.48. The van der Waals surface area contributed by atoms with Gasteiger partial charge in [0.15, 0.2) is 5.82 Å². The van der Waals surface area contributed by atoms with Gasteiger partial charge >= 0.3 is 0 Å². The van der Waals surface area contributed by atoms with Gasteiger partial charge < -0.3 is 9.64 Å². The molecule has 1 aromatic heterocycles. The minimum atomic E-state index is 0.266. The number of rotatable bonds is 5. The van der Waals surface area contributed by atoms with Gasteiger partial charge in [0.05, 0.1) is 18.7 Å². The maximum atomic E-state index is 5.74. The van der Waals surface area contributed by atoms with Crippen molar-refractivity contribution in [2.45, 2.75) is 45.4 Å². The molecular weight excluding hydrogens is 280 g/mol. The van der Waals surface area contributed by atoms with Crippen molar-refractivity contribution in [1.82, 2.24) is 30.0 Å². The van der Waals surface area contributed by atoms with Crippen LogP contribution in [0, 0.1) is 5.92 Å². The highest BCUT2D eigenvalue weighted by atomic mass is 16.5. The van der Waals surface area contributed by atoms with Gasteiger partial charge in [0, 0.05) is 32.8 Å². The molecule has 1 aromatic rings. The summed E-state index contributed by atoms with van der Waals surface area (Å²) in [4.78, 5) is 4.91. The third-order valence-electron chi connectivity index (χ3n) is 4.79. The molecule has 0 unspecified atom stereocenters. The first-order valence-electron chi connectivity index (χ1n) is 8.45. The predicted octanol–water partition coefficient (Wildman–Crippen LogP) is 0.797. The van der Waals surface area contributed by atoms with Gasteiger partial charge in [-0.1, -0.05) is 13.8 Å². The average Bonchev–Trinajstić information content (AvgIpc) is 3.14. The first-order valence-corrected chi connectivity index (χ1v) is 8.45. The second-order valence-electron chi connectivity index (χ2n) is 6.88. The van der Waals surface area contributed by atoms with Crippen LogP contribution in [-0.4, -0.2) is 75.9 Å². The van der Waals surface area contributed by atoms with Gasteiger partial charge in [-0.3, -0.25) is 4.90 Å². The smallest absolute Gasteiger partial charge is 0.168 e. The molecular formula is C15H28N6O. The molecule has 0 amide bonds. The molecule has 0 saturated carbocycles. The Bertz CT molecular complexity index is 462. The third-order valence-corrected chi connectivity index (χ3v) is 4.79. The molecule has 0 bridgehead atoms. The minimum absolute atomic E-state index is 0.266. The molecule has 3 heterocycles. The van der Waals surface area contributed by atoms with Crippen LogP contribution in [0.5, 0.6) is 0 Å². The van der Waals surface area contributed by atoms with Gasteiger partial charge in [0.2, 0.25) is 0 Å². The number of hydrogen-bond acceptors (Lipinski definition) is 6. The van der Waals surface area contributed by atoms with E-state index < -0.39 is 0 Å². The summed E-state index contributed by atoms with van der Waals surface area (Å²) in [5.41, 5.74) is 0. The molecule has 0 radical (unpaired) electrons. The highest BCUT2D eigenvalue weighted by Gasteiger charge is 2.31. The largest absolute Gasteiger partial charge is 0.376 e. The number of aromatic nitrogens is 4. The Morgan fingerprint density at radius 1 is 1.23 bits per heavy atom. The fourth-order valence-electron chi connectivity index (χ4n) is 3.52. The van der Waals surface area contributed by atoms with Gasteiger partial charge in [-0.2, -0.15) is 0 Å². The van der Waals surface area contributed by atoms with Crippen LogP contribution in [0.4, 0.5) is 0 Å². The molecule has 0 spiro atoms. The van der Waals surface area contributed by atoms with Crippen LogP contribution in [0.2, 0.25) is 0 Å². The number of hydrogen-bond donors (Lipinski definition) is 0. The summed E-state index contributed by atoms with van der Waals surface area (Å²) >= 11 is 0. The van der Waals surface area contributed by atoms with Crippen LogP contribution in [0.1, 0.15) is 38.6 Å². The zero-order valence-electron chi connectivity index (χ0n) is 14.0. The molecule has 7 nitrogen and oxygen atoms in total. The molecule has 2 aliphatic heterocycles. The van der Waals surface area contributed by atoms with Gasteiger partial charge in [-0.05, 0) is 36.2 Å². The lowest BCUT2D eigenvalue weighted by Gasteiger charge is -2.39. The van der Waals surface area contributed by atoms with E-state index in [1.807, 2.05) is 4.68 Å². The Morgan fingerprint density at radius 2 is 2.00 bits per heavy atom. The van der Waals surface area contributed by atoms with Crippen molar-refractivity contribution in [2.75, 3.05) is 39.8 Å². The standard InChI is InChI=1S/C15H28N6O/c1-12(2)14(20-8-6-19(3)7-9-20)15-16-17-18-21(15)11-13-5-4-10-22-13/h12-14H,4-11H2,1-3H3/t13-,14+/m1/s1. The van der Waals surface area contributed by atoms with E-state index in [-0.39, 0.29) is 12.1 Å². The van der Waals surface area contributed by atoms with Gasteiger partial charge in [-0.25, -0.2) is 4.68 Å².